The monoisotopic (exact) mass is 491 g/mol. The SMILES string of the molecule is CC(=O)N1CCP(=O)(c2cc3c(N[C@H](C)c4cccc(C(F)F)c4F)nc(C)nc3cn2)CC1. The van der Waals surface area contributed by atoms with Gasteiger partial charge in [-0.2, -0.15) is 0 Å². The summed E-state index contributed by atoms with van der Waals surface area (Å²) in [6.07, 6.45) is -0.718. The van der Waals surface area contributed by atoms with Crippen LogP contribution in [0.4, 0.5) is 19.0 Å². The van der Waals surface area contributed by atoms with Gasteiger partial charge in [0.1, 0.15) is 30.0 Å². The van der Waals surface area contributed by atoms with Crippen LogP contribution in [0.15, 0.2) is 30.5 Å². The van der Waals surface area contributed by atoms with Crippen LogP contribution in [-0.2, 0) is 9.36 Å². The first-order valence-corrected chi connectivity index (χ1v) is 13.0. The molecule has 4 rings (SSSR count). The molecule has 2 aromatic heterocycles. The number of anilines is 1. The quantitative estimate of drug-likeness (QED) is 0.532. The van der Waals surface area contributed by atoms with Gasteiger partial charge in [-0.15, -0.1) is 0 Å². The largest absolute Gasteiger partial charge is 0.363 e. The molecule has 0 bridgehead atoms. The van der Waals surface area contributed by atoms with E-state index in [1.807, 2.05) is 0 Å². The fraction of sp³-hybridized carbons (Fsp3) is 0.391. The first-order valence-electron chi connectivity index (χ1n) is 10.9. The van der Waals surface area contributed by atoms with Crippen LogP contribution in [-0.4, -0.2) is 51.2 Å². The number of rotatable bonds is 5. The lowest BCUT2D eigenvalue weighted by atomic mass is 10.0. The molecule has 0 radical (unpaired) electrons. The lowest BCUT2D eigenvalue weighted by molar-refractivity contribution is -0.128. The number of amides is 1. The topological polar surface area (TPSA) is 88.1 Å². The van der Waals surface area contributed by atoms with Gasteiger partial charge in [0.15, 0.2) is 0 Å². The van der Waals surface area contributed by atoms with Gasteiger partial charge in [0.2, 0.25) is 5.91 Å². The van der Waals surface area contributed by atoms with Crippen LogP contribution in [0.1, 0.15) is 43.3 Å². The second-order valence-electron chi connectivity index (χ2n) is 8.44. The average molecular weight is 491 g/mol. The number of fused-ring (bicyclic) bond motifs is 1. The molecule has 1 aromatic carbocycles. The second-order valence-corrected chi connectivity index (χ2v) is 11.6. The van der Waals surface area contributed by atoms with Crippen LogP contribution in [0, 0.1) is 12.7 Å². The Bertz CT molecular complexity index is 1290. The molecule has 1 N–H and O–H groups in total. The predicted molar refractivity (Wildman–Crippen MR) is 125 cm³/mol. The third-order valence-electron chi connectivity index (χ3n) is 6.12. The summed E-state index contributed by atoms with van der Waals surface area (Å²) < 4.78 is 54.6. The second kappa shape index (κ2) is 9.33. The number of alkyl halides is 2. The minimum Gasteiger partial charge on any atom is -0.363 e. The van der Waals surface area contributed by atoms with Crippen LogP contribution in [0.5, 0.6) is 0 Å². The number of hydrogen-bond donors (Lipinski definition) is 1. The minimum absolute atomic E-state index is 0.0507. The number of pyridine rings is 1. The van der Waals surface area contributed by atoms with Crippen LogP contribution >= 0.6 is 7.14 Å². The first-order chi connectivity index (χ1) is 16.1. The van der Waals surface area contributed by atoms with Crippen LogP contribution in [0.25, 0.3) is 10.9 Å². The minimum atomic E-state index is -2.92. The van der Waals surface area contributed by atoms with Crippen molar-refractivity contribution in [1.29, 1.82) is 0 Å². The molecule has 3 heterocycles. The van der Waals surface area contributed by atoms with E-state index < -0.39 is 31.0 Å². The summed E-state index contributed by atoms with van der Waals surface area (Å²) in [6, 6.07) is 4.90. The van der Waals surface area contributed by atoms with Gasteiger partial charge in [-0.3, -0.25) is 9.78 Å². The predicted octanol–water partition coefficient (Wildman–Crippen LogP) is 4.43. The summed E-state index contributed by atoms with van der Waals surface area (Å²) in [7, 11) is -2.83. The highest BCUT2D eigenvalue weighted by Gasteiger charge is 2.33. The van der Waals surface area contributed by atoms with Crippen molar-refractivity contribution in [3.63, 3.8) is 0 Å². The molecule has 3 aromatic rings. The fourth-order valence-corrected chi connectivity index (χ4v) is 6.60. The highest BCUT2D eigenvalue weighted by atomic mass is 31.2. The number of nitrogens with one attached hydrogen (secondary N) is 1. The van der Waals surface area contributed by atoms with Crippen molar-refractivity contribution >= 4 is 35.2 Å². The smallest absolute Gasteiger partial charge is 0.266 e. The maximum absolute atomic E-state index is 14.7. The number of halogens is 3. The zero-order valence-corrected chi connectivity index (χ0v) is 20.0. The van der Waals surface area contributed by atoms with E-state index in [-0.39, 0.29) is 11.5 Å². The van der Waals surface area contributed by atoms with Crippen molar-refractivity contribution in [2.45, 2.75) is 33.2 Å². The molecule has 1 fully saturated rings. The van der Waals surface area contributed by atoms with E-state index in [9.17, 15) is 22.5 Å². The lowest BCUT2D eigenvalue weighted by Crippen LogP contribution is -2.40. The number of carbonyl (C=O) groups is 1. The van der Waals surface area contributed by atoms with Crippen molar-refractivity contribution in [2.75, 3.05) is 30.7 Å². The van der Waals surface area contributed by atoms with Crippen molar-refractivity contribution in [3.8, 4) is 0 Å². The van der Waals surface area contributed by atoms with Gasteiger partial charge in [-0.25, -0.2) is 23.1 Å². The maximum atomic E-state index is 14.7. The van der Waals surface area contributed by atoms with E-state index in [1.165, 1.54) is 25.3 Å². The molecule has 1 aliphatic heterocycles. The zero-order valence-electron chi connectivity index (χ0n) is 19.1. The fourth-order valence-electron chi connectivity index (χ4n) is 4.16. The molecule has 180 valence electrons. The van der Waals surface area contributed by atoms with Gasteiger partial charge in [-0.1, -0.05) is 18.2 Å². The summed E-state index contributed by atoms with van der Waals surface area (Å²) in [6.45, 7) is 5.64. The van der Waals surface area contributed by atoms with E-state index in [2.05, 4.69) is 20.3 Å². The Balaban J connectivity index is 1.69. The molecule has 1 aliphatic rings. The Kier molecular flexibility index (Phi) is 6.62. The Morgan fingerprint density at radius 3 is 2.50 bits per heavy atom. The Labute approximate surface area is 195 Å². The van der Waals surface area contributed by atoms with Gasteiger partial charge in [0.05, 0.1) is 23.3 Å². The molecule has 1 saturated heterocycles. The standard InChI is InChI=1S/C23H25F3N5O2P/c1-13(16-5-4-6-17(21(16)24)22(25)26)28-23-18-11-20(27-12-19(18)29-14(2)30-23)34(33)9-7-31(8-10-34)15(3)32/h4-6,11-13,22H,7-10H2,1-3H3,(H,28,29,30)/t13-/m1/s1. The van der Waals surface area contributed by atoms with E-state index in [4.69, 9.17) is 0 Å². The van der Waals surface area contributed by atoms with Gasteiger partial charge in [0, 0.05) is 43.3 Å². The average Bonchev–Trinajstić information content (AvgIpc) is 2.78. The van der Waals surface area contributed by atoms with Gasteiger partial charge in [0.25, 0.3) is 6.43 Å². The van der Waals surface area contributed by atoms with Gasteiger partial charge >= 0.3 is 0 Å². The Morgan fingerprint density at radius 1 is 1.18 bits per heavy atom. The Hall–Kier alpha value is -3.00. The van der Waals surface area contributed by atoms with E-state index in [0.717, 1.165) is 6.07 Å². The Morgan fingerprint density at radius 2 is 1.85 bits per heavy atom. The number of hydrogen-bond acceptors (Lipinski definition) is 6. The van der Waals surface area contributed by atoms with Crippen LogP contribution < -0.4 is 10.8 Å². The third-order valence-corrected chi connectivity index (χ3v) is 9.04. The number of aromatic nitrogens is 3. The highest BCUT2D eigenvalue weighted by molar-refractivity contribution is 7.71. The number of carbonyl (C=O) groups excluding carboxylic acids is 1. The van der Waals surface area contributed by atoms with E-state index in [1.54, 1.807) is 24.8 Å². The number of benzene rings is 1. The zero-order chi connectivity index (χ0) is 24.6. The number of nitrogens with zero attached hydrogens (tertiary/aromatic N) is 4. The van der Waals surface area contributed by atoms with Gasteiger partial charge < -0.3 is 14.8 Å². The summed E-state index contributed by atoms with van der Waals surface area (Å²) in [5, 5.41) is 3.66. The van der Waals surface area contributed by atoms with E-state index >= 15 is 0 Å². The molecular formula is C23H25F3N5O2P. The van der Waals surface area contributed by atoms with Crippen molar-refractivity contribution in [3.05, 3.63) is 53.2 Å². The van der Waals surface area contributed by atoms with Crippen LogP contribution in [0.3, 0.4) is 0 Å². The molecule has 0 spiro atoms. The summed E-state index contributed by atoms with van der Waals surface area (Å²) in [5.74, 6) is -0.198. The molecule has 34 heavy (non-hydrogen) atoms. The summed E-state index contributed by atoms with van der Waals surface area (Å²) >= 11 is 0. The lowest BCUT2D eigenvalue weighted by Gasteiger charge is -2.31. The molecule has 7 nitrogen and oxygen atoms in total. The van der Waals surface area contributed by atoms with Crippen molar-refractivity contribution in [2.24, 2.45) is 0 Å². The molecule has 1 amide bonds. The molecule has 11 heteroatoms. The van der Waals surface area contributed by atoms with Crippen molar-refractivity contribution < 1.29 is 22.5 Å². The molecular weight excluding hydrogens is 466 g/mol. The maximum Gasteiger partial charge on any atom is 0.266 e. The summed E-state index contributed by atoms with van der Waals surface area (Å²) in [5.41, 5.74) is 0.371. The van der Waals surface area contributed by atoms with Crippen LogP contribution in [0.2, 0.25) is 0 Å². The third kappa shape index (κ3) is 4.64. The highest BCUT2D eigenvalue weighted by Crippen LogP contribution is 2.46. The number of aryl methyl sites for hydroxylation is 1. The van der Waals surface area contributed by atoms with Crippen molar-refractivity contribution in [1.82, 2.24) is 19.9 Å². The normalized spacial score (nSPS) is 16.6. The molecule has 0 saturated carbocycles. The molecule has 0 aliphatic carbocycles. The molecule has 1 atom stereocenters. The van der Waals surface area contributed by atoms with Gasteiger partial charge in [-0.05, 0) is 19.9 Å². The molecule has 0 unspecified atom stereocenters. The first kappa shape index (κ1) is 24.1. The van der Waals surface area contributed by atoms with E-state index in [0.29, 0.717) is 53.4 Å². The summed E-state index contributed by atoms with van der Waals surface area (Å²) in [4.78, 5) is 26.5.